The van der Waals surface area contributed by atoms with Gasteiger partial charge in [-0.15, -0.1) is 0 Å². The Morgan fingerprint density at radius 3 is 2.48 bits per heavy atom. The highest BCUT2D eigenvalue weighted by Gasteiger charge is 2.26. The van der Waals surface area contributed by atoms with Gasteiger partial charge in [-0.2, -0.15) is 0 Å². The summed E-state index contributed by atoms with van der Waals surface area (Å²) in [7, 11) is -3.66. The molecular weight excluding hydrogens is 372 g/mol. The van der Waals surface area contributed by atoms with Crippen molar-refractivity contribution in [2.75, 3.05) is 4.72 Å². The first-order valence-corrected chi connectivity index (χ1v) is 9.09. The van der Waals surface area contributed by atoms with E-state index < -0.39 is 15.3 Å². The van der Waals surface area contributed by atoms with Gasteiger partial charge in [-0.25, -0.2) is 8.42 Å². The van der Waals surface area contributed by atoms with Crippen LogP contribution in [0.25, 0.3) is 10.8 Å². The zero-order chi connectivity index (χ0) is 15.6. The molecular formula is C14H15BrN2O2S2. The fraction of sp³-hybridized carbons (Fsp3) is 0.214. The van der Waals surface area contributed by atoms with Crippen molar-refractivity contribution >= 4 is 59.6 Å². The molecule has 0 radical (unpaired) electrons. The van der Waals surface area contributed by atoms with Gasteiger partial charge in [-0.1, -0.05) is 59.3 Å². The number of sulfonamides is 1. The Morgan fingerprint density at radius 2 is 1.90 bits per heavy atom. The van der Waals surface area contributed by atoms with Gasteiger partial charge < -0.3 is 5.73 Å². The summed E-state index contributed by atoms with van der Waals surface area (Å²) in [6.07, 6.45) is 0.332. The fourth-order valence-corrected chi connectivity index (χ4v) is 4.55. The molecule has 1 atom stereocenters. The fourth-order valence-electron chi connectivity index (χ4n) is 2.15. The van der Waals surface area contributed by atoms with E-state index >= 15 is 0 Å². The van der Waals surface area contributed by atoms with Gasteiger partial charge in [0.25, 0.3) is 0 Å². The second-order valence-corrected chi connectivity index (χ2v) is 7.78. The quantitative estimate of drug-likeness (QED) is 0.772. The van der Waals surface area contributed by atoms with Crippen LogP contribution in [0.3, 0.4) is 0 Å². The molecule has 0 spiro atoms. The minimum Gasteiger partial charge on any atom is -0.392 e. The van der Waals surface area contributed by atoms with E-state index in [0.29, 0.717) is 12.1 Å². The molecule has 1 unspecified atom stereocenters. The number of anilines is 1. The van der Waals surface area contributed by atoms with Gasteiger partial charge in [0, 0.05) is 9.86 Å². The summed E-state index contributed by atoms with van der Waals surface area (Å²) >= 11 is 8.31. The van der Waals surface area contributed by atoms with Crippen LogP contribution in [0.4, 0.5) is 5.69 Å². The first-order chi connectivity index (χ1) is 9.86. The van der Waals surface area contributed by atoms with Gasteiger partial charge in [0.1, 0.15) is 5.25 Å². The highest BCUT2D eigenvalue weighted by molar-refractivity contribution is 9.10. The summed E-state index contributed by atoms with van der Waals surface area (Å²) in [6, 6.07) is 11.1. The molecule has 2 aromatic rings. The average molecular weight is 387 g/mol. The Labute approximate surface area is 137 Å². The SMILES string of the molecule is CCC(C(N)=S)S(=O)(=O)Nc1ccc(Br)c2ccccc12. The van der Waals surface area contributed by atoms with Crippen LogP contribution in [0, 0.1) is 0 Å². The molecule has 3 N–H and O–H groups in total. The summed E-state index contributed by atoms with van der Waals surface area (Å²) < 4.78 is 28.3. The highest BCUT2D eigenvalue weighted by Crippen LogP contribution is 2.31. The topological polar surface area (TPSA) is 72.2 Å². The molecule has 0 heterocycles. The molecule has 0 aliphatic heterocycles. The Balaban J connectivity index is 2.50. The highest BCUT2D eigenvalue weighted by atomic mass is 79.9. The number of nitrogens with two attached hydrogens (primary N) is 1. The Kier molecular flexibility index (Phi) is 4.85. The van der Waals surface area contributed by atoms with Gasteiger partial charge in [0.05, 0.1) is 10.7 Å². The van der Waals surface area contributed by atoms with E-state index in [2.05, 4.69) is 20.7 Å². The van der Waals surface area contributed by atoms with E-state index in [-0.39, 0.29) is 4.99 Å². The van der Waals surface area contributed by atoms with Gasteiger partial charge in [0.2, 0.25) is 10.0 Å². The lowest BCUT2D eigenvalue weighted by molar-refractivity contribution is 0.594. The van der Waals surface area contributed by atoms with E-state index in [9.17, 15) is 8.42 Å². The van der Waals surface area contributed by atoms with Crippen LogP contribution < -0.4 is 10.5 Å². The molecule has 0 fully saturated rings. The predicted octanol–water partition coefficient (Wildman–Crippen LogP) is 3.41. The van der Waals surface area contributed by atoms with Crippen LogP contribution in [-0.2, 0) is 10.0 Å². The van der Waals surface area contributed by atoms with Crippen molar-refractivity contribution in [3.05, 3.63) is 40.9 Å². The van der Waals surface area contributed by atoms with E-state index in [1.807, 2.05) is 30.3 Å². The van der Waals surface area contributed by atoms with Crippen LogP contribution in [-0.4, -0.2) is 18.7 Å². The van der Waals surface area contributed by atoms with E-state index in [0.717, 1.165) is 15.2 Å². The van der Waals surface area contributed by atoms with Gasteiger partial charge in [-0.3, -0.25) is 4.72 Å². The average Bonchev–Trinajstić information content (AvgIpc) is 2.42. The second-order valence-electron chi connectivity index (χ2n) is 4.59. The number of hydrogen-bond donors (Lipinski definition) is 2. The molecule has 0 bridgehead atoms. The third kappa shape index (κ3) is 3.36. The zero-order valence-corrected chi connectivity index (χ0v) is 14.6. The maximum Gasteiger partial charge on any atom is 0.242 e. The minimum absolute atomic E-state index is 0.0218. The first-order valence-electron chi connectivity index (χ1n) is 6.35. The predicted molar refractivity (Wildman–Crippen MR) is 95.1 cm³/mol. The van der Waals surface area contributed by atoms with Crippen molar-refractivity contribution < 1.29 is 8.42 Å². The maximum absolute atomic E-state index is 12.4. The third-order valence-corrected chi connectivity index (χ3v) is 6.15. The standard InChI is InChI=1S/C14H15BrN2O2S2/c1-2-13(14(16)20)21(18,19)17-12-8-7-11(15)9-5-3-4-6-10(9)12/h3-8,13,17H,2H2,1H3,(H2,16,20). The number of fused-ring (bicyclic) bond motifs is 1. The Bertz CT molecular complexity index is 791. The monoisotopic (exact) mass is 386 g/mol. The zero-order valence-electron chi connectivity index (χ0n) is 11.3. The summed E-state index contributed by atoms with van der Waals surface area (Å²) in [5, 5.41) is 0.865. The lowest BCUT2D eigenvalue weighted by Gasteiger charge is -2.17. The molecule has 112 valence electrons. The van der Waals surface area contributed by atoms with E-state index in [4.69, 9.17) is 18.0 Å². The molecule has 0 saturated carbocycles. The number of halogens is 1. The van der Waals surface area contributed by atoms with Crippen molar-refractivity contribution in [1.82, 2.24) is 0 Å². The third-order valence-electron chi connectivity index (χ3n) is 3.19. The van der Waals surface area contributed by atoms with E-state index in [1.54, 1.807) is 13.0 Å². The second kappa shape index (κ2) is 6.29. The lowest BCUT2D eigenvalue weighted by Crippen LogP contribution is -2.37. The molecule has 7 heteroatoms. The van der Waals surface area contributed by atoms with Gasteiger partial charge in [-0.05, 0) is 23.9 Å². The smallest absolute Gasteiger partial charge is 0.242 e. The van der Waals surface area contributed by atoms with Crippen molar-refractivity contribution in [3.63, 3.8) is 0 Å². The van der Waals surface area contributed by atoms with Crippen molar-refractivity contribution in [2.24, 2.45) is 5.73 Å². The molecule has 21 heavy (non-hydrogen) atoms. The summed E-state index contributed by atoms with van der Waals surface area (Å²) in [5.41, 5.74) is 6.05. The van der Waals surface area contributed by atoms with Crippen LogP contribution in [0.1, 0.15) is 13.3 Å². The molecule has 0 amide bonds. The molecule has 4 nitrogen and oxygen atoms in total. The first kappa shape index (κ1) is 16.2. The van der Waals surface area contributed by atoms with Gasteiger partial charge >= 0.3 is 0 Å². The normalized spacial score (nSPS) is 13.0. The van der Waals surface area contributed by atoms with Crippen LogP contribution >= 0.6 is 28.1 Å². The molecule has 0 aliphatic carbocycles. The molecule has 2 rings (SSSR count). The maximum atomic E-state index is 12.4. The van der Waals surface area contributed by atoms with Crippen LogP contribution in [0.5, 0.6) is 0 Å². The number of rotatable bonds is 5. The number of thiocarbonyl (C=S) groups is 1. The Morgan fingerprint density at radius 1 is 1.29 bits per heavy atom. The minimum atomic E-state index is -3.66. The number of benzene rings is 2. The summed E-state index contributed by atoms with van der Waals surface area (Å²) in [4.78, 5) is -0.0218. The Hall–Kier alpha value is -1.18. The molecule has 0 saturated heterocycles. The molecule has 2 aromatic carbocycles. The van der Waals surface area contributed by atoms with Crippen molar-refractivity contribution in [2.45, 2.75) is 18.6 Å². The van der Waals surface area contributed by atoms with E-state index in [1.165, 1.54) is 0 Å². The summed E-state index contributed by atoms with van der Waals surface area (Å²) in [5.74, 6) is 0. The number of hydrogen-bond acceptors (Lipinski definition) is 3. The lowest BCUT2D eigenvalue weighted by atomic mass is 10.1. The van der Waals surface area contributed by atoms with Crippen molar-refractivity contribution in [3.8, 4) is 0 Å². The van der Waals surface area contributed by atoms with Crippen molar-refractivity contribution in [1.29, 1.82) is 0 Å². The van der Waals surface area contributed by atoms with Gasteiger partial charge in [0.15, 0.2) is 0 Å². The number of nitrogens with one attached hydrogen (secondary N) is 1. The molecule has 0 aromatic heterocycles. The van der Waals surface area contributed by atoms with Crippen LogP contribution in [0.15, 0.2) is 40.9 Å². The summed E-state index contributed by atoms with van der Waals surface area (Å²) in [6.45, 7) is 1.74. The van der Waals surface area contributed by atoms with Crippen LogP contribution in [0.2, 0.25) is 0 Å². The molecule has 0 aliphatic rings. The largest absolute Gasteiger partial charge is 0.392 e.